The standard InChI is InChI=1S/C18H28N4O/c23-12-14-4-3-8-21(11-14)17-10-18(20-13-19-17)22-9-7-15-5-1-2-6-16(15)22/h10,13-16,23H,1-9,11-12H2. The number of rotatable bonds is 3. The molecule has 3 atom stereocenters. The summed E-state index contributed by atoms with van der Waals surface area (Å²) in [4.78, 5) is 14.0. The van der Waals surface area contributed by atoms with E-state index in [0.717, 1.165) is 50.0 Å². The Hall–Kier alpha value is -1.36. The van der Waals surface area contributed by atoms with E-state index >= 15 is 0 Å². The van der Waals surface area contributed by atoms with Crippen LogP contribution < -0.4 is 9.80 Å². The maximum absolute atomic E-state index is 9.44. The summed E-state index contributed by atoms with van der Waals surface area (Å²) >= 11 is 0. The Balaban J connectivity index is 1.52. The first-order valence-corrected chi connectivity index (χ1v) is 9.29. The summed E-state index contributed by atoms with van der Waals surface area (Å²) in [5, 5.41) is 9.44. The van der Waals surface area contributed by atoms with Crippen LogP contribution in [-0.2, 0) is 0 Å². The van der Waals surface area contributed by atoms with Gasteiger partial charge in [-0.2, -0.15) is 0 Å². The average Bonchev–Trinajstić information content (AvgIpc) is 3.06. The van der Waals surface area contributed by atoms with Crippen LogP contribution in [0.4, 0.5) is 11.6 Å². The fourth-order valence-electron chi connectivity index (χ4n) is 4.78. The highest BCUT2D eigenvalue weighted by Gasteiger charge is 2.36. The van der Waals surface area contributed by atoms with E-state index in [1.165, 1.54) is 32.1 Å². The fraction of sp³-hybridized carbons (Fsp3) is 0.778. The number of aliphatic hydroxyl groups is 1. The molecule has 3 unspecified atom stereocenters. The average molecular weight is 316 g/mol. The third-order valence-electron chi connectivity index (χ3n) is 6.04. The Morgan fingerprint density at radius 3 is 2.78 bits per heavy atom. The lowest BCUT2D eigenvalue weighted by molar-refractivity contribution is 0.208. The molecule has 0 amide bonds. The molecule has 1 aromatic heterocycles. The number of piperidine rings is 1. The summed E-state index contributed by atoms with van der Waals surface area (Å²) < 4.78 is 0. The Morgan fingerprint density at radius 2 is 1.87 bits per heavy atom. The van der Waals surface area contributed by atoms with Crippen LogP contribution in [0.2, 0.25) is 0 Å². The summed E-state index contributed by atoms with van der Waals surface area (Å²) in [5.74, 6) is 3.40. The first kappa shape index (κ1) is 15.2. The van der Waals surface area contributed by atoms with Crippen molar-refractivity contribution in [1.82, 2.24) is 9.97 Å². The van der Waals surface area contributed by atoms with E-state index in [1.54, 1.807) is 6.33 Å². The smallest absolute Gasteiger partial charge is 0.134 e. The summed E-state index contributed by atoms with van der Waals surface area (Å²) in [7, 11) is 0. The van der Waals surface area contributed by atoms with Gasteiger partial charge < -0.3 is 14.9 Å². The quantitative estimate of drug-likeness (QED) is 0.928. The monoisotopic (exact) mass is 316 g/mol. The number of aromatic nitrogens is 2. The van der Waals surface area contributed by atoms with Crippen LogP contribution in [0.25, 0.3) is 0 Å². The van der Waals surface area contributed by atoms with E-state index in [1.807, 2.05) is 0 Å². The van der Waals surface area contributed by atoms with Crippen molar-refractivity contribution < 1.29 is 5.11 Å². The first-order chi connectivity index (χ1) is 11.3. The Morgan fingerprint density at radius 1 is 1.00 bits per heavy atom. The molecule has 1 aliphatic carbocycles. The van der Waals surface area contributed by atoms with Crippen LogP contribution in [0.15, 0.2) is 12.4 Å². The molecule has 1 saturated carbocycles. The van der Waals surface area contributed by atoms with Gasteiger partial charge in [-0.25, -0.2) is 9.97 Å². The number of aliphatic hydroxyl groups excluding tert-OH is 1. The molecule has 0 radical (unpaired) electrons. The molecule has 3 aliphatic rings. The third-order valence-corrected chi connectivity index (χ3v) is 6.04. The minimum atomic E-state index is 0.282. The molecule has 2 aliphatic heterocycles. The minimum absolute atomic E-state index is 0.282. The summed E-state index contributed by atoms with van der Waals surface area (Å²) in [5.41, 5.74) is 0. The summed E-state index contributed by atoms with van der Waals surface area (Å²) in [6.45, 7) is 3.38. The Labute approximate surface area is 138 Å². The molecule has 23 heavy (non-hydrogen) atoms. The lowest BCUT2D eigenvalue weighted by Gasteiger charge is -2.34. The van der Waals surface area contributed by atoms with Gasteiger partial charge in [0, 0.05) is 38.3 Å². The maximum atomic E-state index is 9.44. The van der Waals surface area contributed by atoms with Crippen LogP contribution in [-0.4, -0.2) is 47.4 Å². The van der Waals surface area contributed by atoms with Crippen molar-refractivity contribution in [1.29, 1.82) is 0 Å². The molecule has 0 bridgehead atoms. The Bertz CT molecular complexity index is 538. The molecule has 0 spiro atoms. The van der Waals surface area contributed by atoms with E-state index in [9.17, 15) is 5.11 Å². The second-order valence-electron chi connectivity index (χ2n) is 7.47. The molecule has 1 aromatic rings. The number of nitrogens with zero attached hydrogens (tertiary/aromatic N) is 4. The van der Waals surface area contributed by atoms with Crippen molar-refractivity contribution in [2.24, 2.45) is 11.8 Å². The first-order valence-electron chi connectivity index (χ1n) is 9.29. The zero-order chi connectivity index (χ0) is 15.6. The molecule has 5 heteroatoms. The Kier molecular flexibility index (Phi) is 4.38. The van der Waals surface area contributed by atoms with E-state index in [4.69, 9.17) is 0 Å². The minimum Gasteiger partial charge on any atom is -0.396 e. The molecular weight excluding hydrogens is 288 g/mol. The van der Waals surface area contributed by atoms with Gasteiger partial charge in [0.15, 0.2) is 0 Å². The van der Waals surface area contributed by atoms with E-state index in [2.05, 4.69) is 25.8 Å². The van der Waals surface area contributed by atoms with Crippen molar-refractivity contribution in [3.05, 3.63) is 12.4 Å². The summed E-state index contributed by atoms with van der Waals surface area (Å²) in [6.07, 6.45) is 10.8. The molecule has 3 fully saturated rings. The van der Waals surface area contributed by atoms with Gasteiger partial charge in [-0.3, -0.25) is 0 Å². The van der Waals surface area contributed by atoms with Crippen molar-refractivity contribution in [3.8, 4) is 0 Å². The van der Waals surface area contributed by atoms with E-state index in [0.29, 0.717) is 12.0 Å². The highest BCUT2D eigenvalue weighted by Crippen LogP contribution is 2.38. The zero-order valence-electron chi connectivity index (χ0n) is 13.9. The molecule has 1 N–H and O–H groups in total. The lowest BCUT2D eigenvalue weighted by Crippen LogP contribution is -2.38. The largest absolute Gasteiger partial charge is 0.396 e. The highest BCUT2D eigenvalue weighted by atomic mass is 16.3. The highest BCUT2D eigenvalue weighted by molar-refractivity contribution is 5.51. The van der Waals surface area contributed by atoms with Crippen LogP contribution in [0, 0.1) is 11.8 Å². The van der Waals surface area contributed by atoms with Gasteiger partial charge >= 0.3 is 0 Å². The molecule has 3 heterocycles. The van der Waals surface area contributed by atoms with Gasteiger partial charge in [0.1, 0.15) is 18.0 Å². The fourth-order valence-corrected chi connectivity index (χ4v) is 4.78. The molecule has 4 rings (SSSR count). The number of anilines is 2. The van der Waals surface area contributed by atoms with Gasteiger partial charge in [-0.05, 0) is 43.9 Å². The van der Waals surface area contributed by atoms with E-state index in [-0.39, 0.29) is 6.61 Å². The predicted octanol–water partition coefficient (Wildman–Crippen LogP) is 2.45. The topological polar surface area (TPSA) is 52.5 Å². The SMILES string of the molecule is OCC1CCCN(c2cc(N3CCC4CCCCC43)ncn2)C1. The van der Waals surface area contributed by atoms with Crippen molar-refractivity contribution in [2.75, 3.05) is 36.0 Å². The maximum Gasteiger partial charge on any atom is 0.134 e. The van der Waals surface area contributed by atoms with Crippen LogP contribution in [0.5, 0.6) is 0 Å². The molecular formula is C18H28N4O. The third kappa shape index (κ3) is 3.03. The van der Waals surface area contributed by atoms with Crippen LogP contribution in [0.1, 0.15) is 44.9 Å². The van der Waals surface area contributed by atoms with Gasteiger partial charge in [0.2, 0.25) is 0 Å². The van der Waals surface area contributed by atoms with E-state index < -0.39 is 0 Å². The second kappa shape index (κ2) is 6.63. The molecule has 126 valence electrons. The zero-order valence-corrected chi connectivity index (χ0v) is 13.9. The summed E-state index contributed by atoms with van der Waals surface area (Å²) in [6, 6.07) is 2.87. The van der Waals surface area contributed by atoms with Gasteiger partial charge in [-0.1, -0.05) is 12.8 Å². The van der Waals surface area contributed by atoms with Crippen molar-refractivity contribution in [2.45, 2.75) is 51.0 Å². The predicted molar refractivity (Wildman–Crippen MR) is 91.8 cm³/mol. The number of hydrogen-bond acceptors (Lipinski definition) is 5. The van der Waals surface area contributed by atoms with Crippen LogP contribution >= 0.6 is 0 Å². The second-order valence-corrected chi connectivity index (χ2v) is 7.47. The molecule has 5 nitrogen and oxygen atoms in total. The molecule has 2 saturated heterocycles. The molecule has 0 aromatic carbocycles. The number of hydrogen-bond donors (Lipinski definition) is 1. The van der Waals surface area contributed by atoms with Gasteiger partial charge in [0.25, 0.3) is 0 Å². The number of fused-ring (bicyclic) bond motifs is 1. The lowest BCUT2D eigenvalue weighted by atomic mass is 9.85. The van der Waals surface area contributed by atoms with Crippen molar-refractivity contribution in [3.63, 3.8) is 0 Å². The van der Waals surface area contributed by atoms with Crippen LogP contribution in [0.3, 0.4) is 0 Å². The van der Waals surface area contributed by atoms with Gasteiger partial charge in [0.05, 0.1) is 0 Å². The van der Waals surface area contributed by atoms with Gasteiger partial charge in [-0.15, -0.1) is 0 Å². The normalized spacial score (nSPS) is 31.3. The van der Waals surface area contributed by atoms with Crippen molar-refractivity contribution >= 4 is 11.6 Å².